The second kappa shape index (κ2) is 5.63. The Morgan fingerprint density at radius 2 is 1.48 bits per heavy atom. The van der Waals surface area contributed by atoms with Crippen LogP contribution in [0.4, 0.5) is 5.69 Å². The van der Waals surface area contributed by atoms with Crippen LogP contribution in [0.2, 0.25) is 4.47 Å². The molecule has 4 nitrogen and oxygen atoms in total. The molecule has 0 unspecified atom stereocenters. The molecule has 0 amide bonds. The van der Waals surface area contributed by atoms with Crippen LogP contribution < -0.4 is 0 Å². The minimum absolute atomic E-state index is 0.0923. The Bertz CT molecular complexity index is 782. The maximum atomic E-state index is 10.6. The van der Waals surface area contributed by atoms with E-state index < -0.39 is 4.92 Å². The molecule has 3 aromatic rings. The third-order valence-electron chi connectivity index (χ3n) is 3.06. The third kappa shape index (κ3) is 2.94. The summed E-state index contributed by atoms with van der Waals surface area (Å²) in [5.74, 6) is 0. The van der Waals surface area contributed by atoms with Gasteiger partial charge < -0.3 is 0 Å². The number of nitro benzene ring substituents is 1. The van der Waals surface area contributed by atoms with E-state index in [1.807, 2.05) is 24.3 Å². The Morgan fingerprint density at radius 1 is 0.952 bits per heavy atom. The Morgan fingerprint density at radius 3 is 1.95 bits per heavy atom. The van der Waals surface area contributed by atoms with Gasteiger partial charge in [0.05, 0.1) is 9.80 Å². The van der Waals surface area contributed by atoms with Crippen molar-refractivity contribution in [1.82, 2.24) is 4.98 Å². The smallest absolute Gasteiger partial charge is 0.258 e. The summed E-state index contributed by atoms with van der Waals surface area (Å²) < 4.78 is 0.518. The van der Waals surface area contributed by atoms with Crippen molar-refractivity contribution >= 4 is 28.6 Å². The Hall–Kier alpha value is -2.24. The molecule has 0 atom stereocenters. The van der Waals surface area contributed by atoms with Gasteiger partial charge >= 0.3 is 0 Å². The van der Waals surface area contributed by atoms with Crippen molar-refractivity contribution in [3.05, 3.63) is 69.3 Å². The number of hydrogen-bond acceptors (Lipinski definition) is 4. The van der Waals surface area contributed by atoms with E-state index in [-0.39, 0.29) is 5.69 Å². The van der Waals surface area contributed by atoms with Gasteiger partial charge in [0.25, 0.3) is 5.69 Å². The summed E-state index contributed by atoms with van der Waals surface area (Å²) in [6.45, 7) is 0. The number of nitrogens with zero attached hydrogens (tertiary/aromatic N) is 2. The zero-order valence-electron chi connectivity index (χ0n) is 10.7. The van der Waals surface area contributed by atoms with Crippen LogP contribution in [0.5, 0.6) is 0 Å². The van der Waals surface area contributed by atoms with E-state index in [1.165, 1.54) is 23.5 Å². The molecule has 0 aliphatic rings. The second-order valence-corrected chi connectivity index (χ2v) is 5.97. The third-order valence-corrected chi connectivity index (χ3v) is 4.22. The highest BCUT2D eigenvalue weighted by molar-refractivity contribution is 7.18. The van der Waals surface area contributed by atoms with Gasteiger partial charge in [-0.15, -0.1) is 11.3 Å². The fraction of sp³-hybridized carbons (Fsp3) is 0. The summed E-state index contributed by atoms with van der Waals surface area (Å²) in [6.07, 6.45) is 1.74. The van der Waals surface area contributed by atoms with Crippen molar-refractivity contribution in [3.8, 4) is 21.6 Å². The van der Waals surface area contributed by atoms with Crippen molar-refractivity contribution in [3.63, 3.8) is 0 Å². The zero-order valence-corrected chi connectivity index (χ0v) is 12.3. The molecule has 21 heavy (non-hydrogen) atoms. The zero-order chi connectivity index (χ0) is 14.8. The van der Waals surface area contributed by atoms with Gasteiger partial charge in [-0.05, 0) is 28.8 Å². The number of hydrogen-bond donors (Lipinski definition) is 0. The van der Waals surface area contributed by atoms with Crippen LogP contribution in [0.15, 0.2) is 54.7 Å². The highest BCUT2D eigenvalue weighted by Gasteiger charge is 2.06. The van der Waals surface area contributed by atoms with Crippen molar-refractivity contribution in [1.29, 1.82) is 0 Å². The van der Waals surface area contributed by atoms with E-state index in [4.69, 9.17) is 11.6 Å². The fourth-order valence-electron chi connectivity index (χ4n) is 1.99. The largest absolute Gasteiger partial charge is 0.269 e. The van der Waals surface area contributed by atoms with Gasteiger partial charge in [0.15, 0.2) is 4.47 Å². The molecule has 6 heteroatoms. The first-order chi connectivity index (χ1) is 10.1. The molecule has 0 radical (unpaired) electrons. The monoisotopic (exact) mass is 316 g/mol. The molecule has 0 N–H and O–H groups in total. The summed E-state index contributed by atoms with van der Waals surface area (Å²) in [4.78, 5) is 15.3. The summed E-state index contributed by atoms with van der Waals surface area (Å²) in [5.41, 5.74) is 3.08. The van der Waals surface area contributed by atoms with E-state index in [2.05, 4.69) is 4.98 Å². The number of benzene rings is 2. The molecule has 2 aromatic carbocycles. The highest BCUT2D eigenvalue weighted by Crippen LogP contribution is 2.30. The molecule has 0 bridgehead atoms. The normalized spacial score (nSPS) is 10.5. The molecule has 0 spiro atoms. The van der Waals surface area contributed by atoms with Gasteiger partial charge in [0, 0.05) is 18.3 Å². The van der Waals surface area contributed by atoms with E-state index in [0.717, 1.165) is 21.6 Å². The lowest BCUT2D eigenvalue weighted by molar-refractivity contribution is -0.384. The summed E-state index contributed by atoms with van der Waals surface area (Å²) in [5, 5.41) is 10.6. The van der Waals surface area contributed by atoms with Gasteiger partial charge in [-0.25, -0.2) is 4.98 Å². The Kier molecular flexibility index (Phi) is 3.68. The summed E-state index contributed by atoms with van der Waals surface area (Å²) >= 11 is 7.26. The molecule has 3 rings (SSSR count). The molecule has 1 aromatic heterocycles. The molecule has 0 fully saturated rings. The molecular formula is C15H9ClN2O2S. The fourth-order valence-corrected chi connectivity index (χ4v) is 2.93. The second-order valence-electron chi connectivity index (χ2n) is 4.36. The maximum Gasteiger partial charge on any atom is 0.269 e. The van der Waals surface area contributed by atoms with Crippen LogP contribution in [0, 0.1) is 10.1 Å². The minimum Gasteiger partial charge on any atom is -0.258 e. The van der Waals surface area contributed by atoms with Gasteiger partial charge in [0.1, 0.15) is 0 Å². The maximum absolute atomic E-state index is 10.6. The lowest BCUT2D eigenvalue weighted by atomic mass is 10.0. The minimum atomic E-state index is -0.402. The number of aromatic nitrogens is 1. The molecule has 1 heterocycles. The lowest BCUT2D eigenvalue weighted by Gasteiger charge is -2.03. The topological polar surface area (TPSA) is 56.0 Å². The summed E-state index contributed by atoms with van der Waals surface area (Å²) in [7, 11) is 0. The predicted molar refractivity (Wildman–Crippen MR) is 84.7 cm³/mol. The molecular weight excluding hydrogens is 308 g/mol. The standard InChI is InChI=1S/C15H9ClN2O2S/c16-15-17-9-14(21-15)12-3-1-10(2-4-12)11-5-7-13(8-6-11)18(19)20/h1-9H. The van der Waals surface area contributed by atoms with Crippen LogP contribution in [0.1, 0.15) is 0 Å². The van der Waals surface area contributed by atoms with Crippen LogP contribution in [0.3, 0.4) is 0 Å². The van der Waals surface area contributed by atoms with E-state index >= 15 is 0 Å². The van der Waals surface area contributed by atoms with Crippen molar-refractivity contribution < 1.29 is 4.92 Å². The first kappa shape index (κ1) is 13.7. The number of thiazole rings is 1. The van der Waals surface area contributed by atoms with Gasteiger partial charge in [0.2, 0.25) is 0 Å². The number of halogens is 1. The van der Waals surface area contributed by atoms with E-state index in [1.54, 1.807) is 18.3 Å². The average Bonchev–Trinajstić information content (AvgIpc) is 2.94. The van der Waals surface area contributed by atoms with Crippen LogP contribution >= 0.6 is 22.9 Å². The van der Waals surface area contributed by atoms with Gasteiger partial charge in [-0.3, -0.25) is 10.1 Å². The summed E-state index contributed by atoms with van der Waals surface area (Å²) in [6, 6.07) is 14.4. The molecule has 0 saturated heterocycles. The number of nitro groups is 1. The number of non-ortho nitro benzene ring substituents is 1. The first-order valence-electron chi connectivity index (χ1n) is 6.10. The Labute approximate surface area is 129 Å². The predicted octanol–water partition coefficient (Wildman–Crippen LogP) is 5.04. The lowest BCUT2D eigenvalue weighted by Crippen LogP contribution is -1.87. The molecule has 0 saturated carbocycles. The highest BCUT2D eigenvalue weighted by atomic mass is 35.5. The SMILES string of the molecule is O=[N+]([O-])c1ccc(-c2ccc(-c3cnc(Cl)s3)cc2)cc1. The van der Waals surface area contributed by atoms with Gasteiger partial charge in [-0.1, -0.05) is 35.9 Å². The molecule has 104 valence electrons. The molecule has 0 aliphatic carbocycles. The quantitative estimate of drug-likeness (QED) is 0.502. The van der Waals surface area contributed by atoms with Crippen LogP contribution in [0.25, 0.3) is 21.6 Å². The van der Waals surface area contributed by atoms with Crippen LogP contribution in [-0.4, -0.2) is 9.91 Å². The van der Waals surface area contributed by atoms with Crippen molar-refractivity contribution in [2.24, 2.45) is 0 Å². The first-order valence-corrected chi connectivity index (χ1v) is 7.29. The number of rotatable bonds is 3. The average molecular weight is 317 g/mol. The van der Waals surface area contributed by atoms with E-state index in [9.17, 15) is 10.1 Å². The van der Waals surface area contributed by atoms with Gasteiger partial charge in [-0.2, -0.15) is 0 Å². The van der Waals surface area contributed by atoms with Crippen molar-refractivity contribution in [2.45, 2.75) is 0 Å². The Balaban J connectivity index is 1.88. The van der Waals surface area contributed by atoms with E-state index in [0.29, 0.717) is 4.47 Å². The van der Waals surface area contributed by atoms with Crippen LogP contribution in [-0.2, 0) is 0 Å². The molecule has 0 aliphatic heterocycles. The van der Waals surface area contributed by atoms with Crippen molar-refractivity contribution in [2.75, 3.05) is 0 Å².